The Hall–Kier alpha value is -5.15. The van der Waals surface area contributed by atoms with Crippen LogP contribution in [0.25, 0.3) is 0 Å². The zero-order chi connectivity index (χ0) is 30.5. The largest absolute Gasteiger partial charge is 0.367 e. The molecule has 0 heterocycles. The van der Waals surface area contributed by atoms with Crippen LogP contribution in [0.4, 0.5) is 10.1 Å². The zero-order valence-corrected chi connectivity index (χ0v) is 24.0. The quantitative estimate of drug-likeness (QED) is 0.0655. The van der Waals surface area contributed by atoms with Crippen LogP contribution in [0, 0.1) is 22.9 Å². The SMILES string of the molecule is Cc1ccc(S(=O)(=O)N=C(NCc2ccccc2)C(c2ccccc2)(c2ccc(F)cc2)c2ccc([N+](=O)[O-])cc2)cc1. The zero-order valence-electron chi connectivity index (χ0n) is 23.2. The molecule has 0 saturated carbocycles. The van der Waals surface area contributed by atoms with E-state index in [9.17, 15) is 22.9 Å². The van der Waals surface area contributed by atoms with Crippen molar-refractivity contribution in [2.24, 2.45) is 4.40 Å². The minimum Gasteiger partial charge on any atom is -0.367 e. The van der Waals surface area contributed by atoms with Crippen LogP contribution in [0.1, 0.15) is 27.8 Å². The number of nitro benzene ring substituents is 1. The van der Waals surface area contributed by atoms with Crippen LogP contribution >= 0.6 is 0 Å². The second-order valence-corrected chi connectivity index (χ2v) is 11.6. The van der Waals surface area contributed by atoms with Crippen molar-refractivity contribution in [1.82, 2.24) is 5.32 Å². The lowest BCUT2D eigenvalue weighted by molar-refractivity contribution is -0.384. The van der Waals surface area contributed by atoms with Gasteiger partial charge in [-0.05, 0) is 53.4 Å². The summed E-state index contributed by atoms with van der Waals surface area (Å²) >= 11 is 0. The standard InChI is InChI=1S/C34H28FN3O4S/c1-25-12-22-32(23-13-25)43(41,42)37-33(36-24-26-8-4-2-5-9-26)34(27-10-6-3-7-11-27,28-14-18-30(35)19-15-28)29-16-20-31(21-17-29)38(39)40/h2-23H,24H2,1H3,(H,36,37). The summed E-state index contributed by atoms with van der Waals surface area (Å²) in [4.78, 5) is 11.0. The number of non-ortho nitro benzene ring substituents is 1. The lowest BCUT2D eigenvalue weighted by Gasteiger charge is -2.37. The van der Waals surface area contributed by atoms with Gasteiger partial charge < -0.3 is 5.32 Å². The first-order chi connectivity index (χ1) is 20.7. The molecule has 0 radical (unpaired) electrons. The van der Waals surface area contributed by atoms with Crippen molar-refractivity contribution in [2.45, 2.75) is 23.8 Å². The van der Waals surface area contributed by atoms with E-state index < -0.39 is 26.2 Å². The predicted molar refractivity (Wildman–Crippen MR) is 165 cm³/mol. The monoisotopic (exact) mass is 593 g/mol. The number of rotatable bonds is 9. The van der Waals surface area contributed by atoms with Crippen molar-refractivity contribution in [3.8, 4) is 0 Å². The van der Waals surface area contributed by atoms with Crippen molar-refractivity contribution < 1.29 is 17.7 Å². The number of nitrogens with one attached hydrogen (secondary N) is 1. The summed E-state index contributed by atoms with van der Waals surface area (Å²) in [7, 11) is -4.27. The van der Waals surface area contributed by atoms with Crippen LogP contribution in [0.3, 0.4) is 0 Å². The van der Waals surface area contributed by atoms with E-state index in [-0.39, 0.29) is 23.0 Å². The van der Waals surface area contributed by atoms with E-state index in [1.165, 1.54) is 36.4 Å². The van der Waals surface area contributed by atoms with E-state index in [4.69, 9.17) is 0 Å². The summed E-state index contributed by atoms with van der Waals surface area (Å²) in [6.45, 7) is 2.07. The number of amidine groups is 1. The molecule has 0 aliphatic rings. The van der Waals surface area contributed by atoms with Crippen LogP contribution in [-0.2, 0) is 22.0 Å². The van der Waals surface area contributed by atoms with E-state index in [2.05, 4.69) is 9.71 Å². The third kappa shape index (κ3) is 6.22. The minimum absolute atomic E-state index is 0.00174. The van der Waals surface area contributed by atoms with Gasteiger partial charge in [0.15, 0.2) is 0 Å². The molecule has 0 fully saturated rings. The van der Waals surface area contributed by atoms with Crippen molar-refractivity contribution in [3.05, 3.63) is 177 Å². The van der Waals surface area contributed by atoms with Gasteiger partial charge >= 0.3 is 0 Å². The molecule has 7 nitrogen and oxygen atoms in total. The van der Waals surface area contributed by atoms with E-state index in [0.29, 0.717) is 16.7 Å². The fourth-order valence-corrected chi connectivity index (χ4v) is 6.06. The average molecular weight is 594 g/mol. The Balaban J connectivity index is 1.85. The predicted octanol–water partition coefficient (Wildman–Crippen LogP) is 6.95. The summed E-state index contributed by atoms with van der Waals surface area (Å²) in [6.07, 6.45) is 0. The van der Waals surface area contributed by atoms with Gasteiger partial charge in [-0.3, -0.25) is 10.1 Å². The van der Waals surface area contributed by atoms with Crippen molar-refractivity contribution >= 4 is 21.5 Å². The van der Waals surface area contributed by atoms with Crippen molar-refractivity contribution in [1.29, 1.82) is 0 Å². The first-order valence-corrected chi connectivity index (χ1v) is 14.9. The smallest absolute Gasteiger partial charge is 0.283 e. The number of hydrogen-bond donors (Lipinski definition) is 1. The van der Waals surface area contributed by atoms with Gasteiger partial charge in [0, 0.05) is 18.7 Å². The molecule has 9 heteroatoms. The molecule has 5 aromatic rings. The molecule has 0 saturated heterocycles. The van der Waals surface area contributed by atoms with Gasteiger partial charge in [0.2, 0.25) is 0 Å². The number of halogens is 1. The summed E-state index contributed by atoms with van der Waals surface area (Å²) < 4.78 is 46.6. The average Bonchev–Trinajstić information content (AvgIpc) is 3.02. The highest BCUT2D eigenvalue weighted by molar-refractivity contribution is 7.90. The fourth-order valence-electron chi connectivity index (χ4n) is 5.03. The molecule has 1 unspecified atom stereocenters. The van der Waals surface area contributed by atoms with Gasteiger partial charge in [0.25, 0.3) is 15.7 Å². The van der Waals surface area contributed by atoms with Crippen LogP contribution in [0.2, 0.25) is 0 Å². The maximum absolute atomic E-state index is 14.3. The summed E-state index contributed by atoms with van der Waals surface area (Å²) in [6, 6.07) is 36.5. The summed E-state index contributed by atoms with van der Waals surface area (Å²) in [5.41, 5.74) is 1.80. The Morgan fingerprint density at radius 1 is 0.767 bits per heavy atom. The lowest BCUT2D eigenvalue weighted by Crippen LogP contribution is -2.47. The summed E-state index contributed by atoms with van der Waals surface area (Å²) in [5.74, 6) is -0.430. The highest BCUT2D eigenvalue weighted by atomic mass is 32.2. The molecule has 1 atom stereocenters. The van der Waals surface area contributed by atoms with Gasteiger partial charge in [-0.2, -0.15) is 8.42 Å². The Bertz CT molecular complexity index is 1850. The number of benzene rings is 5. The first kappa shape index (κ1) is 29.3. The van der Waals surface area contributed by atoms with E-state index in [1.54, 1.807) is 36.4 Å². The second-order valence-electron chi connectivity index (χ2n) is 9.99. The van der Waals surface area contributed by atoms with Gasteiger partial charge in [-0.1, -0.05) is 103 Å². The molecule has 0 amide bonds. The van der Waals surface area contributed by atoms with Crippen molar-refractivity contribution in [3.63, 3.8) is 0 Å². The Kier molecular flexibility index (Phi) is 8.45. The second kappa shape index (κ2) is 12.4. The van der Waals surface area contributed by atoms with Crippen LogP contribution in [0.15, 0.2) is 143 Å². The third-order valence-electron chi connectivity index (χ3n) is 7.18. The third-order valence-corrected chi connectivity index (χ3v) is 8.47. The van der Waals surface area contributed by atoms with Gasteiger partial charge in [-0.15, -0.1) is 4.40 Å². The van der Waals surface area contributed by atoms with Gasteiger partial charge in [-0.25, -0.2) is 4.39 Å². The number of nitrogens with zero attached hydrogens (tertiary/aromatic N) is 2. The maximum atomic E-state index is 14.3. The van der Waals surface area contributed by atoms with Crippen LogP contribution < -0.4 is 5.32 Å². The fraction of sp³-hybridized carbons (Fsp3) is 0.0882. The van der Waals surface area contributed by atoms with E-state index in [1.807, 2.05) is 67.6 Å². The maximum Gasteiger partial charge on any atom is 0.283 e. The molecule has 43 heavy (non-hydrogen) atoms. The summed E-state index contributed by atoms with van der Waals surface area (Å²) in [5, 5.41) is 14.9. The normalized spacial score (nSPS) is 13.2. The van der Waals surface area contributed by atoms with E-state index >= 15 is 0 Å². The Morgan fingerprint density at radius 2 is 1.28 bits per heavy atom. The number of aryl methyl sites for hydroxylation is 1. The Morgan fingerprint density at radius 3 is 1.84 bits per heavy atom. The molecule has 1 N–H and O–H groups in total. The molecule has 0 aliphatic carbocycles. The number of sulfonamides is 1. The molecule has 5 aromatic carbocycles. The molecule has 0 spiro atoms. The highest BCUT2D eigenvalue weighted by Gasteiger charge is 2.43. The lowest BCUT2D eigenvalue weighted by atomic mass is 9.68. The highest BCUT2D eigenvalue weighted by Crippen LogP contribution is 2.41. The Labute approximate surface area is 249 Å². The topological polar surface area (TPSA) is 102 Å². The molecular formula is C34H28FN3O4S. The minimum atomic E-state index is -4.27. The van der Waals surface area contributed by atoms with Crippen molar-refractivity contribution in [2.75, 3.05) is 0 Å². The van der Waals surface area contributed by atoms with E-state index in [0.717, 1.165) is 11.1 Å². The van der Waals surface area contributed by atoms with Gasteiger partial charge in [0.1, 0.15) is 17.1 Å². The van der Waals surface area contributed by atoms with Crippen LogP contribution in [-0.4, -0.2) is 19.2 Å². The first-order valence-electron chi connectivity index (χ1n) is 13.5. The molecule has 0 aliphatic heterocycles. The molecule has 5 rings (SSSR count). The van der Waals surface area contributed by atoms with Crippen LogP contribution in [0.5, 0.6) is 0 Å². The molecular weight excluding hydrogens is 565 g/mol. The molecule has 0 bridgehead atoms. The molecule has 216 valence electrons. The molecule has 0 aromatic heterocycles. The number of nitro groups is 1. The number of hydrogen-bond acceptors (Lipinski definition) is 4. The van der Waals surface area contributed by atoms with Gasteiger partial charge in [0.05, 0.1) is 9.82 Å².